The highest BCUT2D eigenvalue weighted by Gasteiger charge is 2.40. The Morgan fingerprint density at radius 3 is 2.31 bits per heavy atom. The van der Waals surface area contributed by atoms with Gasteiger partial charge in [0, 0.05) is 19.7 Å². The fourth-order valence-electron chi connectivity index (χ4n) is 2.54. The zero-order valence-corrected chi connectivity index (χ0v) is 23.0. The van der Waals surface area contributed by atoms with Gasteiger partial charge in [0.2, 0.25) is 0 Å². The predicted octanol–water partition coefficient (Wildman–Crippen LogP) is 5.31. The van der Waals surface area contributed by atoms with Crippen LogP contribution in [0.5, 0.6) is 5.75 Å². The molecule has 1 aromatic carbocycles. The normalized spacial score (nSPS) is 14.2. The van der Waals surface area contributed by atoms with Crippen molar-refractivity contribution in [2.75, 3.05) is 27.2 Å². The average molecular weight is 486 g/mol. The maximum Gasteiger partial charge on any atom is 0.410 e. The fraction of sp³-hybridized carbons (Fsp3) is 0.652. The van der Waals surface area contributed by atoms with E-state index in [1.807, 2.05) is 20.8 Å². The molecule has 7 nitrogen and oxygen atoms in total. The molecule has 1 aromatic rings. The molecule has 0 aromatic heterocycles. The van der Waals surface area contributed by atoms with Gasteiger partial charge in [0.1, 0.15) is 23.8 Å². The Kier molecular flexibility index (Phi) is 9.62. The van der Waals surface area contributed by atoms with E-state index in [1.54, 1.807) is 32.3 Å². The molecule has 0 heterocycles. The number of nitrogens with zero attached hydrogens (tertiary/aromatic N) is 2. The molecule has 0 aliphatic heterocycles. The van der Waals surface area contributed by atoms with Gasteiger partial charge in [-0.1, -0.05) is 32.4 Å². The molecule has 2 N–H and O–H groups in total. The highest BCUT2D eigenvalue weighted by atomic mass is 35.5. The number of hydrogen-bond acceptors (Lipinski definition) is 5. The van der Waals surface area contributed by atoms with Crippen LogP contribution in [0.3, 0.4) is 0 Å². The van der Waals surface area contributed by atoms with E-state index in [2.05, 4.69) is 38.9 Å². The third-order valence-corrected chi connectivity index (χ3v) is 10.2. The second-order valence-corrected chi connectivity index (χ2v) is 15.6. The Labute approximate surface area is 199 Å². The van der Waals surface area contributed by atoms with Crippen molar-refractivity contribution < 1.29 is 18.7 Å². The van der Waals surface area contributed by atoms with Gasteiger partial charge in [-0.3, -0.25) is 4.99 Å². The summed E-state index contributed by atoms with van der Waals surface area (Å²) in [6.07, 6.45) is -0.744. The summed E-state index contributed by atoms with van der Waals surface area (Å²) in [5.74, 6) is 0.930. The van der Waals surface area contributed by atoms with Crippen LogP contribution in [0.1, 0.15) is 47.1 Å². The number of ether oxygens (including phenoxy) is 2. The van der Waals surface area contributed by atoms with E-state index < -0.39 is 20.0 Å². The number of aliphatic imine (C=N–C) groups is 1. The quantitative estimate of drug-likeness (QED) is 0.306. The topological polar surface area (TPSA) is 86.4 Å². The average Bonchev–Trinajstić information content (AvgIpc) is 2.63. The first-order valence-corrected chi connectivity index (χ1v) is 14.0. The lowest BCUT2D eigenvalue weighted by molar-refractivity contribution is 0.0172. The van der Waals surface area contributed by atoms with Gasteiger partial charge in [-0.2, -0.15) is 0 Å². The Balaban J connectivity index is 3.05. The zero-order chi connectivity index (χ0) is 24.9. The van der Waals surface area contributed by atoms with Crippen molar-refractivity contribution in [3.05, 3.63) is 28.8 Å². The van der Waals surface area contributed by atoms with Crippen LogP contribution in [0.15, 0.2) is 23.2 Å². The second kappa shape index (κ2) is 10.9. The Bertz CT molecular complexity index is 816. The summed E-state index contributed by atoms with van der Waals surface area (Å²) in [6, 6.07) is 5.25. The monoisotopic (exact) mass is 485 g/mol. The number of rotatable bonds is 8. The van der Waals surface area contributed by atoms with Gasteiger partial charge in [-0.25, -0.2) is 4.79 Å². The first-order chi connectivity index (χ1) is 14.5. The molecule has 0 radical (unpaired) electrons. The van der Waals surface area contributed by atoms with Gasteiger partial charge < -0.3 is 24.5 Å². The standard InChI is InChI=1S/C23H40ClN3O4Si/c1-22(2,3)30-21(28)27(8)14-17(31-32(9,10)23(4,5)6)15-29-16-11-12-19(24)18(13-16)20(25)26-7/h11-13,17H,14-15H2,1-10H3,(H2,25,26)/t17-/m1/s1. The molecule has 32 heavy (non-hydrogen) atoms. The Morgan fingerprint density at radius 1 is 1.22 bits per heavy atom. The van der Waals surface area contributed by atoms with E-state index in [0.29, 0.717) is 28.7 Å². The van der Waals surface area contributed by atoms with Gasteiger partial charge in [0.25, 0.3) is 0 Å². The lowest BCUT2D eigenvalue weighted by Crippen LogP contribution is -2.49. The molecule has 0 saturated carbocycles. The smallest absolute Gasteiger partial charge is 0.410 e. The number of amidine groups is 1. The number of amides is 1. The molecule has 182 valence electrons. The van der Waals surface area contributed by atoms with Crippen molar-refractivity contribution in [1.82, 2.24) is 4.90 Å². The van der Waals surface area contributed by atoms with Crippen molar-refractivity contribution in [3.63, 3.8) is 0 Å². The zero-order valence-electron chi connectivity index (χ0n) is 21.2. The number of benzene rings is 1. The SMILES string of the molecule is CN=C(N)c1cc(OC[C@@H](CN(C)C(=O)OC(C)(C)C)O[Si](C)(C)C(C)(C)C)ccc1Cl. The van der Waals surface area contributed by atoms with Crippen LogP contribution in [0, 0.1) is 0 Å². The van der Waals surface area contributed by atoms with Crippen molar-refractivity contribution in [2.45, 2.75) is 71.4 Å². The van der Waals surface area contributed by atoms with Gasteiger partial charge in [0.05, 0.1) is 17.7 Å². The van der Waals surface area contributed by atoms with E-state index in [4.69, 9.17) is 31.2 Å². The summed E-state index contributed by atoms with van der Waals surface area (Å²) >= 11 is 6.23. The molecule has 1 atom stereocenters. The van der Waals surface area contributed by atoms with Crippen molar-refractivity contribution in [1.29, 1.82) is 0 Å². The van der Waals surface area contributed by atoms with E-state index in [9.17, 15) is 4.79 Å². The highest BCUT2D eigenvalue weighted by Crippen LogP contribution is 2.37. The molecular weight excluding hydrogens is 446 g/mol. The van der Waals surface area contributed by atoms with Crippen LogP contribution < -0.4 is 10.5 Å². The lowest BCUT2D eigenvalue weighted by atomic mass is 10.2. The van der Waals surface area contributed by atoms with Crippen LogP contribution in [-0.2, 0) is 9.16 Å². The lowest BCUT2D eigenvalue weighted by Gasteiger charge is -2.40. The summed E-state index contributed by atoms with van der Waals surface area (Å²) in [5, 5.41) is 0.508. The minimum absolute atomic E-state index is 0.00915. The molecule has 0 aliphatic rings. The van der Waals surface area contributed by atoms with Gasteiger partial charge in [0.15, 0.2) is 8.32 Å². The van der Waals surface area contributed by atoms with Crippen molar-refractivity contribution in [3.8, 4) is 5.75 Å². The molecular formula is C23H40ClN3O4Si. The number of carbonyl (C=O) groups is 1. The minimum Gasteiger partial charge on any atom is -0.491 e. The number of hydrogen-bond donors (Lipinski definition) is 1. The van der Waals surface area contributed by atoms with Crippen LogP contribution in [0.2, 0.25) is 23.2 Å². The third-order valence-electron chi connectivity index (χ3n) is 5.34. The van der Waals surface area contributed by atoms with E-state index >= 15 is 0 Å². The largest absolute Gasteiger partial charge is 0.491 e. The minimum atomic E-state index is -2.12. The van der Waals surface area contributed by atoms with Crippen molar-refractivity contribution >= 4 is 31.8 Å². The van der Waals surface area contributed by atoms with Crippen LogP contribution in [0.4, 0.5) is 4.79 Å². The van der Waals surface area contributed by atoms with Crippen molar-refractivity contribution in [2.24, 2.45) is 10.7 Å². The summed E-state index contributed by atoms with van der Waals surface area (Å²) < 4.78 is 18.1. The molecule has 0 spiro atoms. The molecule has 0 aliphatic carbocycles. The van der Waals surface area contributed by atoms with Gasteiger partial charge in [-0.05, 0) is 57.1 Å². The molecule has 0 bridgehead atoms. The maximum atomic E-state index is 12.5. The number of carbonyl (C=O) groups excluding carboxylic acids is 1. The molecule has 0 unspecified atom stereocenters. The van der Waals surface area contributed by atoms with E-state index in [1.165, 1.54) is 4.90 Å². The van der Waals surface area contributed by atoms with Gasteiger partial charge in [-0.15, -0.1) is 0 Å². The summed E-state index contributed by atoms with van der Waals surface area (Å²) in [6.45, 7) is 17.0. The predicted molar refractivity (Wildman–Crippen MR) is 135 cm³/mol. The number of halogens is 1. The molecule has 0 saturated heterocycles. The third kappa shape index (κ3) is 8.63. The fourth-order valence-corrected chi connectivity index (χ4v) is 4.08. The summed E-state index contributed by atoms with van der Waals surface area (Å²) in [5.41, 5.74) is 5.97. The summed E-state index contributed by atoms with van der Waals surface area (Å²) in [4.78, 5) is 18.0. The van der Waals surface area contributed by atoms with Crippen LogP contribution in [0.25, 0.3) is 0 Å². The Morgan fingerprint density at radius 2 is 1.81 bits per heavy atom. The van der Waals surface area contributed by atoms with Gasteiger partial charge >= 0.3 is 6.09 Å². The Hall–Kier alpha value is -1.77. The van der Waals surface area contributed by atoms with Crippen LogP contribution >= 0.6 is 11.6 Å². The highest BCUT2D eigenvalue weighted by molar-refractivity contribution is 6.74. The summed E-state index contributed by atoms with van der Waals surface area (Å²) in [7, 11) is 1.19. The molecule has 0 fully saturated rings. The van der Waals surface area contributed by atoms with E-state index in [0.717, 1.165) is 0 Å². The molecule has 1 rings (SSSR count). The second-order valence-electron chi connectivity index (χ2n) is 10.4. The number of nitrogens with two attached hydrogens (primary N) is 1. The molecule has 9 heteroatoms. The maximum absolute atomic E-state index is 12.5. The molecule has 1 amide bonds. The van der Waals surface area contributed by atoms with E-state index in [-0.39, 0.29) is 17.7 Å². The van der Waals surface area contributed by atoms with Crippen LogP contribution in [-0.4, -0.2) is 64.1 Å². The number of likely N-dealkylation sites (N-methyl/N-ethyl adjacent to an activating group) is 1. The first kappa shape index (κ1) is 28.3. The first-order valence-electron chi connectivity index (χ1n) is 10.7.